The predicted octanol–water partition coefficient (Wildman–Crippen LogP) is 4.15. The van der Waals surface area contributed by atoms with Crippen LogP contribution in [0.4, 0.5) is 27.5 Å². The monoisotopic (exact) mass is 500 g/mol. The van der Waals surface area contributed by atoms with Crippen LogP contribution in [0, 0.1) is 12.3 Å². The number of carbonyl (C=O) groups is 4. The van der Waals surface area contributed by atoms with Gasteiger partial charge in [-0.25, -0.2) is 9.59 Å². The number of ether oxygens (including phenoxy) is 1. The number of nitrogens with one attached hydrogen (secondary N) is 1. The molecule has 1 radical (unpaired) electrons. The number of quaternary nitrogens is 1. The van der Waals surface area contributed by atoms with Crippen LogP contribution in [-0.2, 0) is 14.4 Å². The molecule has 0 saturated heterocycles. The van der Waals surface area contributed by atoms with Crippen molar-refractivity contribution >= 4 is 46.5 Å². The number of anilines is 3. The summed E-state index contributed by atoms with van der Waals surface area (Å²) in [5.41, 5.74) is 7.34. The van der Waals surface area contributed by atoms with Crippen molar-refractivity contribution in [3.8, 4) is 5.75 Å². The first kappa shape index (κ1) is 25.6. The number of urea groups is 1. The van der Waals surface area contributed by atoms with E-state index >= 15 is 0 Å². The molecule has 4 rings (SSSR count). The number of nitrogens with zero attached hydrogens (tertiary/aromatic N) is 2. The minimum atomic E-state index is -1.28. The summed E-state index contributed by atoms with van der Waals surface area (Å²) in [5, 5.41) is 2.79. The van der Waals surface area contributed by atoms with Crippen LogP contribution in [0.15, 0.2) is 78.9 Å². The molecule has 3 aromatic carbocycles. The maximum absolute atomic E-state index is 13.9. The zero-order valence-corrected chi connectivity index (χ0v) is 20.8. The van der Waals surface area contributed by atoms with Crippen LogP contribution >= 0.6 is 0 Å². The van der Waals surface area contributed by atoms with Crippen LogP contribution in [0.1, 0.15) is 13.8 Å². The molecule has 0 fully saturated rings. The number of hydrogen-bond donors (Lipinski definition) is 2. The van der Waals surface area contributed by atoms with Gasteiger partial charge in [-0.05, 0) is 42.5 Å². The molecule has 2 unspecified atom stereocenters. The van der Waals surface area contributed by atoms with E-state index in [-0.39, 0.29) is 11.4 Å². The zero-order valence-electron chi connectivity index (χ0n) is 20.8. The summed E-state index contributed by atoms with van der Waals surface area (Å²) in [7, 11) is 1.53. The van der Waals surface area contributed by atoms with Crippen LogP contribution in [0.5, 0.6) is 5.75 Å². The molecule has 9 nitrogen and oxygen atoms in total. The Labute approximate surface area is 215 Å². The average molecular weight is 501 g/mol. The van der Waals surface area contributed by atoms with Gasteiger partial charge in [0.15, 0.2) is 18.2 Å². The van der Waals surface area contributed by atoms with Gasteiger partial charge >= 0.3 is 11.9 Å². The van der Waals surface area contributed by atoms with Crippen LogP contribution < -0.4 is 25.2 Å². The Morgan fingerprint density at radius 3 is 2.14 bits per heavy atom. The number of rotatable bonds is 6. The topological polar surface area (TPSA) is 119 Å². The summed E-state index contributed by atoms with van der Waals surface area (Å²) in [6, 6.07) is 19.5. The summed E-state index contributed by atoms with van der Waals surface area (Å²) < 4.78 is 3.99. The highest BCUT2D eigenvalue weighted by atomic mass is 16.5. The Balaban J connectivity index is 1.91. The largest absolute Gasteiger partial charge is 0.497 e. The fourth-order valence-corrected chi connectivity index (χ4v) is 4.77. The molecule has 2 atom stereocenters. The summed E-state index contributed by atoms with van der Waals surface area (Å²) in [6.07, 6.45) is 0.841. The lowest BCUT2D eigenvalue weighted by Crippen LogP contribution is -2.71. The first-order chi connectivity index (χ1) is 17.7. The molecule has 1 aliphatic heterocycles. The molecule has 9 heteroatoms. The van der Waals surface area contributed by atoms with Crippen molar-refractivity contribution < 1.29 is 23.9 Å². The lowest BCUT2D eigenvalue weighted by atomic mass is 9.96. The quantitative estimate of drug-likeness (QED) is 0.493. The summed E-state index contributed by atoms with van der Waals surface area (Å²) in [5.74, 6) is -2.08. The molecule has 1 aliphatic rings. The van der Waals surface area contributed by atoms with Gasteiger partial charge in [0.05, 0.1) is 7.11 Å². The molecule has 0 aromatic heterocycles. The summed E-state index contributed by atoms with van der Waals surface area (Å²) >= 11 is 0. The van der Waals surface area contributed by atoms with Gasteiger partial charge in [-0.15, -0.1) is 4.48 Å². The first-order valence-corrected chi connectivity index (χ1v) is 11.7. The summed E-state index contributed by atoms with van der Waals surface area (Å²) in [4.78, 5) is 55.8. The third-order valence-corrected chi connectivity index (χ3v) is 6.35. The predicted molar refractivity (Wildman–Crippen MR) is 141 cm³/mol. The second-order valence-electron chi connectivity index (χ2n) is 8.95. The number of para-hydroxylation sites is 3. The van der Waals surface area contributed by atoms with E-state index in [9.17, 15) is 19.2 Å². The minimum absolute atomic E-state index is 0.134. The molecule has 1 heterocycles. The maximum atomic E-state index is 13.9. The Morgan fingerprint density at radius 1 is 0.919 bits per heavy atom. The molecule has 0 aliphatic carbocycles. The Bertz CT molecular complexity index is 1340. The van der Waals surface area contributed by atoms with Gasteiger partial charge < -0.3 is 15.8 Å². The number of hydrogen-bond acceptors (Lipinski definition) is 5. The summed E-state index contributed by atoms with van der Waals surface area (Å²) in [6.45, 7) is 3.44. The number of methoxy groups -OCH3 is 1. The SMILES string of the molecule is COc1ccc(NC(=O)C(C(C)C)[N+]2(C(N)=O)C(=O)[CH]C(=O)N(c3ccccc3)c3ccccc32)cc1. The van der Waals surface area contributed by atoms with E-state index in [0.29, 0.717) is 17.1 Å². The number of benzene rings is 3. The number of nitrogens with two attached hydrogens (primary N) is 1. The van der Waals surface area contributed by atoms with Crippen molar-refractivity contribution in [1.29, 1.82) is 0 Å². The van der Waals surface area contributed by atoms with Crippen LogP contribution in [0.3, 0.4) is 0 Å². The van der Waals surface area contributed by atoms with E-state index in [4.69, 9.17) is 10.5 Å². The number of carbonyl (C=O) groups excluding carboxylic acids is 4. The van der Waals surface area contributed by atoms with E-state index in [0.717, 1.165) is 6.42 Å². The number of amides is 5. The van der Waals surface area contributed by atoms with Gasteiger partial charge in [-0.1, -0.05) is 44.2 Å². The lowest BCUT2D eigenvalue weighted by Gasteiger charge is -2.38. The van der Waals surface area contributed by atoms with Gasteiger partial charge in [0.2, 0.25) is 5.91 Å². The fraction of sp³-hybridized carbons (Fsp3) is 0.179. The van der Waals surface area contributed by atoms with Crippen LogP contribution in [-0.4, -0.2) is 36.9 Å². The normalized spacial score (nSPS) is 18.1. The lowest BCUT2D eigenvalue weighted by molar-refractivity contribution is -0.134. The van der Waals surface area contributed by atoms with Gasteiger partial charge in [-0.2, -0.15) is 0 Å². The van der Waals surface area contributed by atoms with Crippen molar-refractivity contribution in [3.63, 3.8) is 0 Å². The Hall–Kier alpha value is -4.50. The number of imide groups is 1. The molecule has 37 heavy (non-hydrogen) atoms. The first-order valence-electron chi connectivity index (χ1n) is 11.7. The van der Waals surface area contributed by atoms with E-state index in [2.05, 4.69) is 5.32 Å². The van der Waals surface area contributed by atoms with Crippen molar-refractivity contribution in [1.82, 2.24) is 4.48 Å². The van der Waals surface area contributed by atoms with Crippen molar-refractivity contribution in [3.05, 3.63) is 85.3 Å². The highest BCUT2D eigenvalue weighted by Crippen LogP contribution is 2.44. The van der Waals surface area contributed by atoms with Gasteiger partial charge in [0, 0.05) is 23.4 Å². The molecular weight excluding hydrogens is 472 g/mol. The Morgan fingerprint density at radius 2 is 1.54 bits per heavy atom. The molecular formula is C28H28N4O5+. The molecule has 3 N–H and O–H groups in total. The zero-order chi connectivity index (χ0) is 26.7. The molecule has 3 aromatic rings. The molecule has 0 saturated carbocycles. The fourth-order valence-electron chi connectivity index (χ4n) is 4.77. The van der Waals surface area contributed by atoms with Crippen molar-refractivity contribution in [2.24, 2.45) is 11.7 Å². The standard InChI is InChI=1S/C28H27N4O5/c1-18(2)26(27(35)30-19-13-15-21(37-3)16-14-19)32(28(29)36)23-12-8-7-11-22(23)31(24(33)17-25(32)34)20-9-5-4-6-10-20/h4-18,26H,1-3H3,(H2-,29,30,35,36)/p+1. The van der Waals surface area contributed by atoms with Crippen molar-refractivity contribution in [2.75, 3.05) is 17.3 Å². The molecule has 0 bridgehead atoms. The smallest absolute Gasteiger partial charge is 0.427 e. The van der Waals surface area contributed by atoms with Crippen molar-refractivity contribution in [2.45, 2.75) is 19.9 Å². The second-order valence-corrected chi connectivity index (χ2v) is 8.95. The van der Waals surface area contributed by atoms with Crippen LogP contribution in [0.25, 0.3) is 0 Å². The van der Waals surface area contributed by atoms with E-state index < -0.39 is 40.2 Å². The van der Waals surface area contributed by atoms with Gasteiger partial charge in [0.25, 0.3) is 5.91 Å². The van der Waals surface area contributed by atoms with Crippen LogP contribution in [0.2, 0.25) is 0 Å². The second kappa shape index (κ2) is 10.2. The van der Waals surface area contributed by atoms with E-state index in [1.807, 2.05) is 0 Å². The van der Waals surface area contributed by atoms with E-state index in [1.165, 1.54) is 12.0 Å². The molecule has 189 valence electrons. The number of fused-ring (bicyclic) bond motifs is 1. The third-order valence-electron chi connectivity index (χ3n) is 6.35. The average Bonchev–Trinajstić information content (AvgIpc) is 2.97. The number of primary amides is 1. The molecule has 5 amide bonds. The molecule has 0 spiro atoms. The maximum Gasteiger partial charge on any atom is 0.427 e. The highest BCUT2D eigenvalue weighted by Gasteiger charge is 2.60. The van der Waals surface area contributed by atoms with E-state index in [1.54, 1.807) is 92.7 Å². The third kappa shape index (κ3) is 4.45. The van der Waals surface area contributed by atoms with Gasteiger partial charge in [-0.3, -0.25) is 14.5 Å². The minimum Gasteiger partial charge on any atom is -0.497 e. The van der Waals surface area contributed by atoms with Gasteiger partial charge in [0.1, 0.15) is 11.4 Å². The highest BCUT2D eigenvalue weighted by molar-refractivity contribution is 6.29. The Kier molecular flexibility index (Phi) is 7.08.